The minimum Gasteiger partial charge on any atom is -0.376 e. The molecule has 0 bridgehead atoms. The molecule has 0 aliphatic rings. The molecule has 2 unspecified atom stereocenters. The van der Waals surface area contributed by atoms with Gasteiger partial charge in [-0.25, -0.2) is 0 Å². The maximum atomic E-state index is 6.42. The van der Waals surface area contributed by atoms with Gasteiger partial charge in [0.15, 0.2) is 0 Å². The summed E-state index contributed by atoms with van der Waals surface area (Å²) in [4.78, 5) is 0. The van der Waals surface area contributed by atoms with Crippen LogP contribution in [0.3, 0.4) is 0 Å². The van der Waals surface area contributed by atoms with E-state index in [0.717, 1.165) is 16.7 Å². The second-order valence-electron chi connectivity index (χ2n) is 5.46. The Bertz CT molecular complexity index is 384. The van der Waals surface area contributed by atoms with E-state index < -0.39 is 0 Å². The summed E-state index contributed by atoms with van der Waals surface area (Å²) in [7, 11) is 0. The van der Waals surface area contributed by atoms with E-state index in [-0.39, 0.29) is 17.6 Å². The molecule has 0 saturated carbocycles. The van der Waals surface area contributed by atoms with Crippen molar-refractivity contribution in [1.82, 2.24) is 9.78 Å². The summed E-state index contributed by atoms with van der Waals surface area (Å²) >= 11 is 3.53. The average Bonchev–Trinajstić information content (AvgIpc) is 2.64. The molecule has 0 aromatic carbocycles. The highest BCUT2D eigenvalue weighted by Gasteiger charge is 2.34. The van der Waals surface area contributed by atoms with Crippen LogP contribution in [0.5, 0.6) is 0 Å². The molecule has 104 valence electrons. The molecule has 2 atom stereocenters. The van der Waals surface area contributed by atoms with Gasteiger partial charge in [-0.15, -0.1) is 0 Å². The Morgan fingerprint density at radius 2 is 2.06 bits per heavy atom. The van der Waals surface area contributed by atoms with Crippen LogP contribution in [0.15, 0.2) is 10.7 Å². The third kappa shape index (κ3) is 3.33. The van der Waals surface area contributed by atoms with Crippen LogP contribution in [-0.4, -0.2) is 22.5 Å². The first-order chi connectivity index (χ1) is 8.32. The summed E-state index contributed by atoms with van der Waals surface area (Å²) in [5.74, 6) is 0. The first-order valence-electron chi connectivity index (χ1n) is 6.41. The molecule has 0 saturated heterocycles. The zero-order valence-electron chi connectivity index (χ0n) is 11.9. The molecule has 2 N–H and O–H groups in total. The summed E-state index contributed by atoms with van der Waals surface area (Å²) < 4.78 is 8.73. The first-order valence-corrected chi connectivity index (χ1v) is 7.20. The van der Waals surface area contributed by atoms with E-state index in [2.05, 4.69) is 48.7 Å². The predicted octanol–water partition coefficient (Wildman–Crippen LogP) is 3.12. The maximum absolute atomic E-state index is 6.42. The zero-order chi connectivity index (χ0) is 13.9. The summed E-state index contributed by atoms with van der Waals surface area (Å²) in [6.07, 6.45) is 1.76. The third-order valence-corrected chi connectivity index (χ3v) is 3.59. The van der Waals surface area contributed by atoms with Gasteiger partial charge in [0.2, 0.25) is 0 Å². The SMILES string of the molecule is CCOC(C(N)c1c(Br)cnn1CC)C(C)(C)C. The van der Waals surface area contributed by atoms with Gasteiger partial charge < -0.3 is 10.5 Å². The molecular formula is C13H24BrN3O. The average molecular weight is 318 g/mol. The van der Waals surface area contributed by atoms with Crippen LogP contribution in [0.2, 0.25) is 0 Å². The van der Waals surface area contributed by atoms with Crippen LogP contribution in [0.25, 0.3) is 0 Å². The van der Waals surface area contributed by atoms with E-state index in [0.29, 0.717) is 6.61 Å². The molecule has 0 fully saturated rings. The van der Waals surface area contributed by atoms with Crippen LogP contribution in [0.1, 0.15) is 46.4 Å². The van der Waals surface area contributed by atoms with Gasteiger partial charge in [0.05, 0.1) is 28.5 Å². The van der Waals surface area contributed by atoms with Crippen LogP contribution in [0, 0.1) is 5.41 Å². The third-order valence-electron chi connectivity index (χ3n) is 2.97. The molecule has 0 radical (unpaired) electrons. The fourth-order valence-electron chi connectivity index (χ4n) is 2.17. The number of nitrogens with zero attached hydrogens (tertiary/aromatic N) is 2. The molecule has 0 spiro atoms. The molecule has 18 heavy (non-hydrogen) atoms. The standard InChI is InChI=1S/C13H24BrN3O/c1-6-17-11(9(14)8-16-17)10(15)12(18-7-2)13(3,4)5/h8,10,12H,6-7,15H2,1-5H3. The maximum Gasteiger partial charge on any atom is 0.0831 e. The van der Waals surface area contributed by atoms with Gasteiger partial charge in [-0.2, -0.15) is 5.10 Å². The van der Waals surface area contributed by atoms with Crippen molar-refractivity contribution in [3.05, 3.63) is 16.4 Å². The van der Waals surface area contributed by atoms with Gasteiger partial charge in [0.1, 0.15) is 0 Å². The normalized spacial score (nSPS) is 15.7. The van der Waals surface area contributed by atoms with Crippen LogP contribution < -0.4 is 5.73 Å². The highest BCUT2D eigenvalue weighted by atomic mass is 79.9. The second-order valence-corrected chi connectivity index (χ2v) is 6.32. The minimum atomic E-state index is -0.193. The fraction of sp³-hybridized carbons (Fsp3) is 0.769. The van der Waals surface area contributed by atoms with Gasteiger partial charge in [-0.05, 0) is 35.2 Å². The van der Waals surface area contributed by atoms with Gasteiger partial charge in [-0.1, -0.05) is 20.8 Å². The van der Waals surface area contributed by atoms with Crippen molar-refractivity contribution in [2.24, 2.45) is 11.1 Å². The van der Waals surface area contributed by atoms with Crippen molar-refractivity contribution < 1.29 is 4.74 Å². The van der Waals surface area contributed by atoms with Crippen LogP contribution >= 0.6 is 15.9 Å². The summed E-state index contributed by atoms with van der Waals surface area (Å²) in [5.41, 5.74) is 7.41. The van der Waals surface area contributed by atoms with E-state index in [1.807, 2.05) is 11.6 Å². The Morgan fingerprint density at radius 3 is 2.50 bits per heavy atom. The van der Waals surface area contributed by atoms with E-state index in [1.54, 1.807) is 6.20 Å². The zero-order valence-corrected chi connectivity index (χ0v) is 13.5. The molecule has 0 aliphatic carbocycles. The predicted molar refractivity (Wildman–Crippen MR) is 77.4 cm³/mol. The summed E-state index contributed by atoms with van der Waals surface area (Å²) in [6, 6.07) is -0.193. The number of aromatic nitrogens is 2. The lowest BCUT2D eigenvalue weighted by atomic mass is 9.83. The molecule has 0 amide bonds. The summed E-state index contributed by atoms with van der Waals surface area (Å²) in [5, 5.41) is 4.31. The summed E-state index contributed by atoms with van der Waals surface area (Å²) in [6.45, 7) is 12.0. The molecule has 1 aromatic rings. The second kappa shape index (κ2) is 6.17. The van der Waals surface area contributed by atoms with Gasteiger partial charge in [0.25, 0.3) is 0 Å². The van der Waals surface area contributed by atoms with Crippen molar-refractivity contribution in [3.63, 3.8) is 0 Å². The number of ether oxygens (including phenoxy) is 1. The van der Waals surface area contributed by atoms with E-state index in [4.69, 9.17) is 10.5 Å². The Labute approximate surface area is 118 Å². The monoisotopic (exact) mass is 317 g/mol. The molecular weight excluding hydrogens is 294 g/mol. The largest absolute Gasteiger partial charge is 0.376 e. The van der Waals surface area contributed by atoms with Crippen molar-refractivity contribution >= 4 is 15.9 Å². The van der Waals surface area contributed by atoms with E-state index in [1.165, 1.54) is 0 Å². The Balaban J connectivity index is 3.09. The highest BCUT2D eigenvalue weighted by molar-refractivity contribution is 9.10. The van der Waals surface area contributed by atoms with Crippen molar-refractivity contribution in [1.29, 1.82) is 0 Å². The van der Waals surface area contributed by atoms with E-state index in [9.17, 15) is 0 Å². The van der Waals surface area contributed by atoms with Crippen molar-refractivity contribution in [2.75, 3.05) is 6.61 Å². The number of hydrogen-bond acceptors (Lipinski definition) is 3. The van der Waals surface area contributed by atoms with Crippen molar-refractivity contribution in [3.8, 4) is 0 Å². The molecule has 1 rings (SSSR count). The highest BCUT2D eigenvalue weighted by Crippen LogP contribution is 2.34. The number of hydrogen-bond donors (Lipinski definition) is 1. The topological polar surface area (TPSA) is 53.1 Å². The van der Waals surface area contributed by atoms with Gasteiger partial charge in [-0.3, -0.25) is 4.68 Å². The molecule has 5 heteroatoms. The lowest BCUT2D eigenvalue weighted by Crippen LogP contribution is -2.40. The van der Waals surface area contributed by atoms with Gasteiger partial charge >= 0.3 is 0 Å². The van der Waals surface area contributed by atoms with Crippen LogP contribution in [0.4, 0.5) is 0 Å². The Kier molecular flexibility index (Phi) is 5.37. The number of aryl methyl sites for hydroxylation is 1. The van der Waals surface area contributed by atoms with Gasteiger partial charge in [0, 0.05) is 13.2 Å². The fourth-order valence-corrected chi connectivity index (χ4v) is 2.73. The molecule has 1 aromatic heterocycles. The van der Waals surface area contributed by atoms with Crippen LogP contribution in [-0.2, 0) is 11.3 Å². The molecule has 0 aliphatic heterocycles. The number of halogens is 1. The number of nitrogens with two attached hydrogens (primary N) is 1. The molecule has 1 heterocycles. The van der Waals surface area contributed by atoms with E-state index >= 15 is 0 Å². The lowest BCUT2D eigenvalue weighted by Gasteiger charge is -2.35. The quantitative estimate of drug-likeness (QED) is 0.907. The number of rotatable bonds is 5. The van der Waals surface area contributed by atoms with Crippen molar-refractivity contribution in [2.45, 2.75) is 53.3 Å². The smallest absolute Gasteiger partial charge is 0.0831 e. The Morgan fingerprint density at radius 1 is 1.44 bits per heavy atom. The molecule has 4 nitrogen and oxygen atoms in total. The Hall–Kier alpha value is -0.390. The first kappa shape index (κ1) is 15.7. The minimum absolute atomic E-state index is 0.0162. The lowest BCUT2D eigenvalue weighted by molar-refractivity contribution is -0.0300.